The van der Waals surface area contributed by atoms with Crippen LogP contribution in [0.1, 0.15) is 32.4 Å². The van der Waals surface area contributed by atoms with Gasteiger partial charge >= 0.3 is 6.09 Å². The average Bonchev–Trinajstić information content (AvgIpc) is 2.86. The SMILES string of the molecule is Cc1cc2c3n(c1=O)C(CBr)CN3C(=O)CN2C(=O)OC(C)(C)C. The molecule has 0 aliphatic carbocycles. The second-order valence-electron chi connectivity index (χ2n) is 7.09. The van der Waals surface area contributed by atoms with Gasteiger partial charge in [0.25, 0.3) is 5.56 Å². The van der Waals surface area contributed by atoms with Crippen LogP contribution in [0.4, 0.5) is 16.3 Å². The van der Waals surface area contributed by atoms with Crippen molar-refractivity contribution in [3.05, 3.63) is 22.0 Å². The molecule has 24 heavy (non-hydrogen) atoms. The number of carbonyl (C=O) groups is 2. The summed E-state index contributed by atoms with van der Waals surface area (Å²) in [5, 5.41) is 0.555. The fourth-order valence-electron chi connectivity index (χ4n) is 3.05. The van der Waals surface area contributed by atoms with E-state index in [1.54, 1.807) is 43.2 Å². The standard InChI is InChI=1S/C16H20BrN3O4/c1-9-5-11-13-19(7-10(6-17)20(13)14(9)22)12(21)8-18(11)15(23)24-16(2,3)4/h5,10H,6-8H2,1-4H3. The second kappa shape index (κ2) is 5.61. The molecule has 1 unspecified atom stereocenters. The first-order valence-corrected chi connectivity index (χ1v) is 8.89. The average molecular weight is 398 g/mol. The number of nitrogens with zero attached hydrogens (tertiary/aromatic N) is 3. The fourth-order valence-corrected chi connectivity index (χ4v) is 3.54. The maximum atomic E-state index is 12.5. The Bertz CT molecular complexity index is 781. The van der Waals surface area contributed by atoms with Crippen molar-refractivity contribution in [2.24, 2.45) is 0 Å². The third kappa shape index (κ3) is 2.62. The molecular formula is C16H20BrN3O4. The number of amides is 2. The van der Waals surface area contributed by atoms with Crippen molar-refractivity contribution in [3.63, 3.8) is 0 Å². The quantitative estimate of drug-likeness (QED) is 0.680. The lowest BCUT2D eigenvalue weighted by molar-refractivity contribution is -0.117. The monoisotopic (exact) mass is 397 g/mol. The molecule has 0 aromatic carbocycles. The summed E-state index contributed by atoms with van der Waals surface area (Å²) in [4.78, 5) is 40.5. The van der Waals surface area contributed by atoms with Crippen molar-refractivity contribution in [3.8, 4) is 0 Å². The van der Waals surface area contributed by atoms with E-state index in [4.69, 9.17) is 4.74 Å². The number of ether oxygens (including phenoxy) is 1. The summed E-state index contributed by atoms with van der Waals surface area (Å²) in [6.45, 7) is 7.37. The molecule has 2 amide bonds. The minimum atomic E-state index is -0.667. The van der Waals surface area contributed by atoms with Gasteiger partial charge < -0.3 is 4.74 Å². The summed E-state index contributed by atoms with van der Waals surface area (Å²) in [7, 11) is 0. The van der Waals surface area contributed by atoms with Crippen LogP contribution in [-0.2, 0) is 9.53 Å². The van der Waals surface area contributed by atoms with Gasteiger partial charge in [-0.1, -0.05) is 15.9 Å². The summed E-state index contributed by atoms with van der Waals surface area (Å²) >= 11 is 3.41. The van der Waals surface area contributed by atoms with Gasteiger partial charge in [-0.25, -0.2) is 4.79 Å². The summed E-state index contributed by atoms with van der Waals surface area (Å²) in [5.41, 5.74) is 0.271. The zero-order chi connectivity index (χ0) is 17.8. The molecule has 1 atom stereocenters. The predicted octanol–water partition coefficient (Wildman–Crippen LogP) is 2.19. The van der Waals surface area contributed by atoms with Gasteiger partial charge in [-0.05, 0) is 33.8 Å². The summed E-state index contributed by atoms with van der Waals surface area (Å²) in [6, 6.07) is 1.52. The Hall–Kier alpha value is -1.83. The van der Waals surface area contributed by atoms with Gasteiger partial charge in [0.15, 0.2) is 0 Å². The third-order valence-corrected chi connectivity index (χ3v) is 4.81. The number of halogens is 1. The molecule has 3 rings (SSSR count). The number of carbonyl (C=O) groups excluding carboxylic acids is 2. The summed E-state index contributed by atoms with van der Waals surface area (Å²) in [5.74, 6) is 0.269. The topological polar surface area (TPSA) is 71.9 Å². The van der Waals surface area contributed by atoms with Crippen LogP contribution in [0, 0.1) is 6.92 Å². The van der Waals surface area contributed by atoms with E-state index in [1.807, 2.05) is 0 Å². The number of pyridine rings is 1. The molecule has 0 saturated carbocycles. The first-order chi connectivity index (χ1) is 11.1. The number of alkyl halides is 1. The Kier molecular flexibility index (Phi) is 3.98. The maximum absolute atomic E-state index is 12.5. The van der Waals surface area contributed by atoms with Crippen LogP contribution in [0.15, 0.2) is 10.9 Å². The minimum Gasteiger partial charge on any atom is -0.443 e. The Morgan fingerprint density at radius 1 is 1.38 bits per heavy atom. The van der Waals surface area contributed by atoms with Gasteiger partial charge in [-0.2, -0.15) is 0 Å². The number of anilines is 2. The van der Waals surface area contributed by atoms with Gasteiger partial charge in [0.2, 0.25) is 5.91 Å². The highest BCUT2D eigenvalue weighted by molar-refractivity contribution is 9.09. The van der Waals surface area contributed by atoms with E-state index in [1.165, 1.54) is 4.90 Å². The van der Waals surface area contributed by atoms with Crippen LogP contribution >= 0.6 is 15.9 Å². The first-order valence-electron chi connectivity index (χ1n) is 7.77. The number of hydrogen-bond donors (Lipinski definition) is 0. The molecule has 8 heteroatoms. The van der Waals surface area contributed by atoms with E-state index in [9.17, 15) is 14.4 Å². The van der Waals surface area contributed by atoms with Crippen molar-refractivity contribution < 1.29 is 14.3 Å². The molecule has 0 radical (unpaired) electrons. The Morgan fingerprint density at radius 3 is 2.62 bits per heavy atom. The smallest absolute Gasteiger partial charge is 0.415 e. The normalized spacial score (nSPS) is 19.5. The molecule has 3 heterocycles. The number of aromatic nitrogens is 1. The molecule has 0 bridgehead atoms. The molecule has 0 N–H and O–H groups in total. The molecule has 0 saturated heterocycles. The Labute approximate surface area is 148 Å². The van der Waals surface area contributed by atoms with E-state index >= 15 is 0 Å². The molecule has 0 spiro atoms. The minimum absolute atomic E-state index is 0.0887. The number of hydrogen-bond acceptors (Lipinski definition) is 4. The molecule has 2 aliphatic rings. The molecule has 2 aliphatic heterocycles. The van der Waals surface area contributed by atoms with Gasteiger partial charge in [0, 0.05) is 17.4 Å². The predicted molar refractivity (Wildman–Crippen MR) is 94.2 cm³/mol. The van der Waals surface area contributed by atoms with E-state index in [0.29, 0.717) is 28.9 Å². The van der Waals surface area contributed by atoms with E-state index < -0.39 is 11.7 Å². The van der Waals surface area contributed by atoms with Crippen molar-refractivity contribution in [1.82, 2.24) is 4.57 Å². The van der Waals surface area contributed by atoms with Crippen molar-refractivity contribution >= 4 is 39.4 Å². The molecule has 1 aromatic rings. The molecular weight excluding hydrogens is 378 g/mol. The van der Waals surface area contributed by atoms with Gasteiger partial charge in [0.05, 0.1) is 11.7 Å². The van der Waals surface area contributed by atoms with Crippen LogP contribution in [0.25, 0.3) is 0 Å². The van der Waals surface area contributed by atoms with Crippen LogP contribution in [0.5, 0.6) is 0 Å². The zero-order valence-corrected chi connectivity index (χ0v) is 15.7. The van der Waals surface area contributed by atoms with Crippen LogP contribution in [0.2, 0.25) is 0 Å². The lowest BCUT2D eigenvalue weighted by Gasteiger charge is -2.34. The van der Waals surface area contributed by atoms with Crippen LogP contribution in [0.3, 0.4) is 0 Å². The number of rotatable bonds is 1. The van der Waals surface area contributed by atoms with E-state index in [2.05, 4.69) is 15.9 Å². The van der Waals surface area contributed by atoms with Gasteiger partial charge in [-0.3, -0.25) is 24.0 Å². The van der Waals surface area contributed by atoms with Crippen molar-refractivity contribution in [2.45, 2.75) is 39.3 Å². The van der Waals surface area contributed by atoms with Crippen molar-refractivity contribution in [1.29, 1.82) is 0 Å². The molecule has 0 fully saturated rings. The Morgan fingerprint density at radius 2 is 2.04 bits per heavy atom. The molecule has 7 nitrogen and oxygen atoms in total. The lowest BCUT2D eigenvalue weighted by Crippen LogP contribution is -2.49. The Balaban J connectivity index is 2.15. The highest BCUT2D eigenvalue weighted by Gasteiger charge is 2.43. The summed E-state index contributed by atoms with van der Waals surface area (Å²) < 4.78 is 7.03. The lowest BCUT2D eigenvalue weighted by atomic mass is 10.2. The van der Waals surface area contributed by atoms with Gasteiger partial charge in [0.1, 0.15) is 18.0 Å². The molecule has 130 valence electrons. The van der Waals surface area contributed by atoms with E-state index in [0.717, 1.165) is 0 Å². The van der Waals surface area contributed by atoms with Crippen molar-refractivity contribution in [2.75, 3.05) is 28.2 Å². The second-order valence-corrected chi connectivity index (χ2v) is 7.74. The number of aryl methyl sites for hydroxylation is 1. The van der Waals surface area contributed by atoms with E-state index in [-0.39, 0.29) is 24.1 Å². The molecule has 1 aromatic heterocycles. The van der Waals surface area contributed by atoms with Gasteiger partial charge in [-0.15, -0.1) is 0 Å². The zero-order valence-electron chi connectivity index (χ0n) is 14.1. The van der Waals surface area contributed by atoms with Crippen LogP contribution in [-0.4, -0.2) is 40.6 Å². The largest absolute Gasteiger partial charge is 0.443 e. The maximum Gasteiger partial charge on any atom is 0.415 e. The third-order valence-electron chi connectivity index (χ3n) is 4.06. The van der Waals surface area contributed by atoms with Crippen LogP contribution < -0.4 is 15.4 Å². The highest BCUT2D eigenvalue weighted by Crippen LogP contribution is 2.40. The summed E-state index contributed by atoms with van der Waals surface area (Å²) in [6.07, 6.45) is -0.585. The fraction of sp³-hybridized carbons (Fsp3) is 0.562. The highest BCUT2D eigenvalue weighted by atomic mass is 79.9. The first kappa shape index (κ1) is 17.0.